The van der Waals surface area contributed by atoms with Gasteiger partial charge in [0.05, 0.1) is 7.11 Å². The molecule has 8 heteroatoms. The molecule has 0 bridgehead atoms. The number of methoxy groups -OCH3 is 1. The average molecular weight is 475 g/mol. The molecule has 34 heavy (non-hydrogen) atoms. The van der Waals surface area contributed by atoms with Crippen LogP contribution in [0.3, 0.4) is 0 Å². The van der Waals surface area contributed by atoms with Gasteiger partial charge < -0.3 is 10.1 Å². The zero-order valence-corrected chi connectivity index (χ0v) is 19.3. The highest BCUT2D eigenvalue weighted by atomic mass is 32.2. The maximum Gasteiger partial charge on any atom is 0.238 e. The number of carbonyl (C=O) groups excluding carboxylic acids is 1. The molecule has 0 saturated heterocycles. The number of halogens is 1. The van der Waals surface area contributed by atoms with Crippen molar-refractivity contribution in [3.63, 3.8) is 0 Å². The van der Waals surface area contributed by atoms with Gasteiger partial charge in [0.2, 0.25) is 5.91 Å². The number of benzene rings is 3. The smallest absolute Gasteiger partial charge is 0.238 e. The third-order valence-corrected chi connectivity index (χ3v) is 6.75. The monoisotopic (exact) mass is 474 g/mol. The number of amides is 1. The molecular weight excluding hydrogens is 451 g/mol. The van der Waals surface area contributed by atoms with Gasteiger partial charge in [-0.3, -0.25) is 9.36 Å². The first-order valence-corrected chi connectivity index (χ1v) is 11.9. The molecule has 3 aromatic carbocycles. The Morgan fingerprint density at radius 3 is 2.38 bits per heavy atom. The number of para-hydroxylation sites is 1. The van der Waals surface area contributed by atoms with Crippen molar-refractivity contribution >= 4 is 17.7 Å². The molecule has 1 unspecified atom stereocenters. The lowest BCUT2D eigenvalue weighted by molar-refractivity contribution is -0.120. The first-order valence-electron chi connectivity index (χ1n) is 11.0. The van der Waals surface area contributed by atoms with Crippen LogP contribution >= 0.6 is 11.8 Å². The van der Waals surface area contributed by atoms with E-state index in [1.54, 1.807) is 19.2 Å². The lowest BCUT2D eigenvalue weighted by atomic mass is 10.1. The second-order valence-electron chi connectivity index (χ2n) is 8.04. The normalized spacial score (nSPS) is 13.9. The predicted molar refractivity (Wildman–Crippen MR) is 130 cm³/mol. The van der Waals surface area contributed by atoms with Gasteiger partial charge in [0.1, 0.15) is 16.8 Å². The van der Waals surface area contributed by atoms with E-state index in [1.165, 1.54) is 23.9 Å². The first-order chi connectivity index (χ1) is 16.6. The van der Waals surface area contributed by atoms with Gasteiger partial charge in [-0.25, -0.2) is 4.39 Å². The van der Waals surface area contributed by atoms with Crippen LogP contribution in [0.2, 0.25) is 0 Å². The van der Waals surface area contributed by atoms with Crippen LogP contribution < -0.4 is 10.1 Å². The second-order valence-corrected chi connectivity index (χ2v) is 9.11. The number of nitrogens with one attached hydrogen (secondary N) is 1. The summed E-state index contributed by atoms with van der Waals surface area (Å²) in [5, 5.41) is 12.0. The summed E-state index contributed by atoms with van der Waals surface area (Å²) < 4.78 is 20.8. The van der Waals surface area contributed by atoms with E-state index in [4.69, 9.17) is 4.74 Å². The highest BCUT2D eigenvalue weighted by molar-refractivity contribution is 8.00. The van der Waals surface area contributed by atoms with Gasteiger partial charge in [0.15, 0.2) is 11.0 Å². The Balaban J connectivity index is 1.56. The van der Waals surface area contributed by atoms with E-state index in [-0.39, 0.29) is 17.8 Å². The minimum Gasteiger partial charge on any atom is -0.497 e. The lowest BCUT2D eigenvalue weighted by Gasteiger charge is -2.17. The van der Waals surface area contributed by atoms with E-state index in [2.05, 4.69) is 15.5 Å². The van der Waals surface area contributed by atoms with E-state index in [1.807, 2.05) is 59.2 Å². The number of rotatable bonds is 8. The van der Waals surface area contributed by atoms with Gasteiger partial charge in [-0.15, -0.1) is 10.2 Å². The molecule has 5 rings (SSSR count). The van der Waals surface area contributed by atoms with Gasteiger partial charge in [-0.05, 0) is 66.9 Å². The van der Waals surface area contributed by atoms with Gasteiger partial charge in [-0.1, -0.05) is 42.1 Å². The van der Waals surface area contributed by atoms with E-state index in [0.717, 1.165) is 29.8 Å². The number of thioether (sulfide) groups is 1. The van der Waals surface area contributed by atoms with Crippen molar-refractivity contribution < 1.29 is 13.9 Å². The van der Waals surface area contributed by atoms with Crippen molar-refractivity contribution in [3.8, 4) is 22.8 Å². The van der Waals surface area contributed by atoms with Gasteiger partial charge in [0.25, 0.3) is 0 Å². The maximum atomic E-state index is 13.6. The summed E-state index contributed by atoms with van der Waals surface area (Å²) in [5.41, 5.74) is 2.45. The number of aromatic nitrogens is 3. The van der Waals surface area contributed by atoms with Crippen molar-refractivity contribution in [2.24, 2.45) is 0 Å². The third kappa shape index (κ3) is 4.82. The molecule has 1 fully saturated rings. The van der Waals surface area contributed by atoms with Crippen LogP contribution in [0.1, 0.15) is 23.7 Å². The summed E-state index contributed by atoms with van der Waals surface area (Å²) in [5.74, 6) is 0.936. The Hall–Kier alpha value is -3.65. The largest absolute Gasteiger partial charge is 0.497 e. The van der Waals surface area contributed by atoms with Crippen LogP contribution in [-0.2, 0) is 4.79 Å². The Labute approximate surface area is 201 Å². The molecule has 0 spiro atoms. The minimum atomic E-state index is -0.600. The number of nitrogens with zero attached hydrogens (tertiary/aromatic N) is 3. The van der Waals surface area contributed by atoms with Crippen molar-refractivity contribution in [1.82, 2.24) is 20.1 Å². The molecule has 1 aromatic heterocycles. The molecule has 1 N–H and O–H groups in total. The zero-order chi connectivity index (χ0) is 23.5. The predicted octanol–water partition coefficient (Wildman–Crippen LogP) is 5.19. The lowest BCUT2D eigenvalue weighted by Crippen LogP contribution is -2.30. The van der Waals surface area contributed by atoms with Crippen LogP contribution in [0.4, 0.5) is 4.39 Å². The summed E-state index contributed by atoms with van der Waals surface area (Å²) in [6.45, 7) is 0. The molecule has 172 valence electrons. The SMILES string of the molecule is COc1ccc(-c2nnc(SC(C(=O)NC3CC3)c3ccc(F)cc3)n2-c2ccccc2)cc1. The Morgan fingerprint density at radius 1 is 1.03 bits per heavy atom. The fourth-order valence-corrected chi connectivity index (χ4v) is 4.67. The van der Waals surface area contributed by atoms with E-state index >= 15 is 0 Å². The summed E-state index contributed by atoms with van der Waals surface area (Å²) in [7, 11) is 1.62. The maximum absolute atomic E-state index is 13.6. The minimum absolute atomic E-state index is 0.118. The number of carbonyl (C=O) groups is 1. The highest BCUT2D eigenvalue weighted by Gasteiger charge is 2.31. The number of hydrogen-bond donors (Lipinski definition) is 1. The molecule has 6 nitrogen and oxygen atoms in total. The van der Waals surface area contributed by atoms with Crippen molar-refractivity contribution in [3.05, 3.63) is 90.2 Å². The van der Waals surface area contributed by atoms with Crippen LogP contribution in [0, 0.1) is 5.82 Å². The Bertz CT molecular complexity index is 1270. The quantitative estimate of drug-likeness (QED) is 0.356. The van der Waals surface area contributed by atoms with Gasteiger partial charge in [-0.2, -0.15) is 0 Å². The fraction of sp³-hybridized carbons (Fsp3) is 0.192. The van der Waals surface area contributed by atoms with Crippen LogP contribution in [0.25, 0.3) is 17.1 Å². The summed E-state index contributed by atoms with van der Waals surface area (Å²) in [4.78, 5) is 13.2. The molecule has 1 aliphatic rings. The third-order valence-electron chi connectivity index (χ3n) is 5.55. The molecular formula is C26H23FN4O2S. The molecule has 0 radical (unpaired) electrons. The zero-order valence-electron chi connectivity index (χ0n) is 18.5. The summed E-state index contributed by atoms with van der Waals surface area (Å²) in [6, 6.07) is 23.6. The van der Waals surface area contributed by atoms with Crippen LogP contribution in [-0.4, -0.2) is 33.8 Å². The summed E-state index contributed by atoms with van der Waals surface area (Å²) in [6.07, 6.45) is 1.96. The second kappa shape index (κ2) is 9.69. The molecule has 4 aromatic rings. The molecule has 1 amide bonds. The number of ether oxygens (including phenoxy) is 1. The van der Waals surface area contributed by atoms with Crippen molar-refractivity contribution in [2.45, 2.75) is 29.3 Å². The standard InChI is InChI=1S/C26H23FN4O2S/c1-33-22-15-9-18(10-16-22)24-29-30-26(31(24)21-5-3-2-4-6-21)34-23(25(32)28-20-13-14-20)17-7-11-19(27)12-8-17/h2-12,15-16,20,23H,13-14H2,1H3,(H,28,32). The first kappa shape index (κ1) is 22.2. The Kier molecular flexibility index (Phi) is 6.31. The number of hydrogen-bond acceptors (Lipinski definition) is 5. The van der Waals surface area contributed by atoms with Gasteiger partial charge in [0, 0.05) is 17.3 Å². The van der Waals surface area contributed by atoms with Crippen molar-refractivity contribution in [2.75, 3.05) is 7.11 Å². The van der Waals surface area contributed by atoms with E-state index in [0.29, 0.717) is 16.5 Å². The Morgan fingerprint density at radius 2 is 1.74 bits per heavy atom. The highest BCUT2D eigenvalue weighted by Crippen LogP contribution is 2.38. The van der Waals surface area contributed by atoms with Crippen LogP contribution in [0.5, 0.6) is 5.75 Å². The summed E-state index contributed by atoms with van der Waals surface area (Å²) >= 11 is 1.30. The fourth-order valence-electron chi connectivity index (χ4n) is 3.60. The molecule has 1 atom stereocenters. The van der Waals surface area contributed by atoms with E-state index < -0.39 is 5.25 Å². The van der Waals surface area contributed by atoms with E-state index in [9.17, 15) is 9.18 Å². The van der Waals surface area contributed by atoms with Gasteiger partial charge >= 0.3 is 0 Å². The average Bonchev–Trinajstić information content (AvgIpc) is 3.59. The molecule has 1 heterocycles. The molecule has 0 aliphatic heterocycles. The van der Waals surface area contributed by atoms with Crippen LogP contribution in [0.15, 0.2) is 84.0 Å². The van der Waals surface area contributed by atoms with Crippen molar-refractivity contribution in [1.29, 1.82) is 0 Å². The molecule has 1 saturated carbocycles. The molecule has 1 aliphatic carbocycles. The topological polar surface area (TPSA) is 69.0 Å².